The van der Waals surface area contributed by atoms with Crippen molar-refractivity contribution >= 4 is 5.91 Å². The molecule has 0 aliphatic heterocycles. The summed E-state index contributed by atoms with van der Waals surface area (Å²) in [5, 5.41) is 6.28. The first-order chi connectivity index (χ1) is 9.95. The highest BCUT2D eigenvalue weighted by molar-refractivity contribution is 5.75. The quantitative estimate of drug-likeness (QED) is 0.932. The Morgan fingerprint density at radius 1 is 1.24 bits per heavy atom. The normalized spacial score (nSPS) is 18.0. The van der Waals surface area contributed by atoms with Crippen molar-refractivity contribution in [3.8, 4) is 0 Å². The van der Waals surface area contributed by atoms with Crippen molar-refractivity contribution in [3.63, 3.8) is 0 Å². The zero-order valence-electron chi connectivity index (χ0n) is 11.8. The molecule has 0 saturated heterocycles. The van der Waals surface area contributed by atoms with E-state index in [-0.39, 0.29) is 18.5 Å². The highest BCUT2D eigenvalue weighted by Gasteiger charge is 2.33. The first-order valence-electron chi connectivity index (χ1n) is 7.35. The fourth-order valence-corrected chi connectivity index (χ4v) is 2.62. The number of carbonyl (C=O) groups is 1. The van der Waals surface area contributed by atoms with Crippen molar-refractivity contribution in [3.05, 3.63) is 18.0 Å². The van der Waals surface area contributed by atoms with Crippen LogP contribution in [0.3, 0.4) is 0 Å². The van der Waals surface area contributed by atoms with E-state index in [0.29, 0.717) is 0 Å². The van der Waals surface area contributed by atoms with Gasteiger partial charge in [0.2, 0.25) is 5.91 Å². The molecule has 1 N–H and O–H groups in total. The molecular weight excluding hydrogens is 283 g/mol. The summed E-state index contributed by atoms with van der Waals surface area (Å²) in [5.41, 5.74) is -0.971. The molecule has 7 heteroatoms. The van der Waals surface area contributed by atoms with Crippen molar-refractivity contribution in [2.75, 3.05) is 0 Å². The molecule has 1 saturated carbocycles. The summed E-state index contributed by atoms with van der Waals surface area (Å²) in [6, 6.07) is 1.01. The van der Waals surface area contributed by atoms with E-state index in [0.717, 1.165) is 36.4 Å². The zero-order valence-corrected chi connectivity index (χ0v) is 11.8. The molecule has 0 atom stereocenters. The number of alkyl halides is 3. The lowest BCUT2D eigenvalue weighted by Crippen LogP contribution is -2.37. The number of amides is 1. The van der Waals surface area contributed by atoms with E-state index in [1.54, 1.807) is 0 Å². The standard InChI is InChI=1S/C14H20F3N3O/c15-14(16,17)12-8-9-20(19-12)10-13(21)18-11-6-4-2-1-3-5-7-11/h8-9,11H,1-7,10H2,(H,18,21). The van der Waals surface area contributed by atoms with E-state index in [1.807, 2.05) is 0 Å². The minimum Gasteiger partial charge on any atom is -0.352 e. The molecule has 21 heavy (non-hydrogen) atoms. The van der Waals surface area contributed by atoms with Gasteiger partial charge in [-0.1, -0.05) is 32.1 Å². The van der Waals surface area contributed by atoms with Gasteiger partial charge in [-0.05, 0) is 18.9 Å². The second-order valence-corrected chi connectivity index (χ2v) is 5.51. The SMILES string of the molecule is O=C(Cn1ccc(C(F)(F)F)n1)NC1CCCCCCC1. The molecule has 0 spiro atoms. The predicted octanol–water partition coefficient (Wildman–Crippen LogP) is 3.13. The molecule has 0 radical (unpaired) electrons. The van der Waals surface area contributed by atoms with Crippen LogP contribution in [0.1, 0.15) is 50.6 Å². The van der Waals surface area contributed by atoms with Crippen molar-refractivity contribution in [2.24, 2.45) is 0 Å². The lowest BCUT2D eigenvalue weighted by atomic mass is 9.97. The van der Waals surface area contributed by atoms with Gasteiger partial charge in [-0.3, -0.25) is 9.48 Å². The fraction of sp³-hybridized carbons (Fsp3) is 0.714. The molecular formula is C14H20F3N3O. The van der Waals surface area contributed by atoms with Crippen LogP contribution in [0.5, 0.6) is 0 Å². The van der Waals surface area contributed by atoms with Gasteiger partial charge in [0.25, 0.3) is 0 Å². The monoisotopic (exact) mass is 303 g/mol. The van der Waals surface area contributed by atoms with Crippen LogP contribution in [0.2, 0.25) is 0 Å². The molecule has 1 aromatic heterocycles. The van der Waals surface area contributed by atoms with Gasteiger partial charge in [-0.25, -0.2) is 0 Å². The third-order valence-corrected chi connectivity index (χ3v) is 3.71. The largest absolute Gasteiger partial charge is 0.435 e. The van der Waals surface area contributed by atoms with Crippen molar-refractivity contribution in [2.45, 2.75) is 63.7 Å². The van der Waals surface area contributed by atoms with Gasteiger partial charge in [0, 0.05) is 12.2 Å². The van der Waals surface area contributed by atoms with Gasteiger partial charge in [0.05, 0.1) is 0 Å². The maximum atomic E-state index is 12.4. The molecule has 1 aromatic rings. The summed E-state index contributed by atoms with van der Waals surface area (Å²) < 4.78 is 38.3. The Morgan fingerprint density at radius 3 is 2.43 bits per heavy atom. The van der Waals surface area contributed by atoms with E-state index in [2.05, 4.69) is 10.4 Å². The van der Waals surface area contributed by atoms with Crippen LogP contribution in [0, 0.1) is 0 Å². The first kappa shape index (κ1) is 15.9. The Hall–Kier alpha value is -1.53. The summed E-state index contributed by atoms with van der Waals surface area (Å²) >= 11 is 0. The number of hydrogen-bond acceptors (Lipinski definition) is 2. The maximum absolute atomic E-state index is 12.4. The number of carbonyl (C=O) groups excluding carboxylic acids is 1. The highest BCUT2D eigenvalue weighted by Crippen LogP contribution is 2.27. The molecule has 0 aromatic carbocycles. The molecule has 0 unspecified atom stereocenters. The van der Waals surface area contributed by atoms with E-state index >= 15 is 0 Å². The summed E-state index contributed by atoms with van der Waals surface area (Å²) in [5.74, 6) is -0.280. The summed E-state index contributed by atoms with van der Waals surface area (Å²) in [4.78, 5) is 11.9. The Kier molecular flexibility index (Phi) is 5.25. The van der Waals surface area contributed by atoms with Crippen LogP contribution >= 0.6 is 0 Å². The van der Waals surface area contributed by atoms with E-state index < -0.39 is 11.9 Å². The second-order valence-electron chi connectivity index (χ2n) is 5.51. The number of aromatic nitrogens is 2. The van der Waals surface area contributed by atoms with Crippen molar-refractivity contribution in [1.29, 1.82) is 0 Å². The maximum Gasteiger partial charge on any atom is 0.435 e. The number of nitrogens with one attached hydrogen (secondary N) is 1. The molecule has 1 fully saturated rings. The molecule has 1 heterocycles. The van der Waals surface area contributed by atoms with Crippen LogP contribution in [0.15, 0.2) is 12.3 Å². The van der Waals surface area contributed by atoms with Crippen LogP contribution in [-0.4, -0.2) is 21.7 Å². The van der Waals surface area contributed by atoms with Gasteiger partial charge in [0.15, 0.2) is 5.69 Å². The van der Waals surface area contributed by atoms with E-state index in [1.165, 1.54) is 25.5 Å². The Morgan fingerprint density at radius 2 is 1.86 bits per heavy atom. The summed E-state index contributed by atoms with van der Waals surface area (Å²) in [7, 11) is 0. The third-order valence-electron chi connectivity index (χ3n) is 3.71. The minimum atomic E-state index is -4.47. The molecule has 1 aliphatic rings. The Balaban J connectivity index is 1.84. The molecule has 1 amide bonds. The van der Waals surface area contributed by atoms with E-state index in [4.69, 9.17) is 0 Å². The molecule has 118 valence electrons. The highest BCUT2D eigenvalue weighted by atomic mass is 19.4. The topological polar surface area (TPSA) is 46.9 Å². The smallest absolute Gasteiger partial charge is 0.352 e. The van der Waals surface area contributed by atoms with Crippen LogP contribution in [0.25, 0.3) is 0 Å². The van der Waals surface area contributed by atoms with Crippen LogP contribution in [0.4, 0.5) is 13.2 Å². The van der Waals surface area contributed by atoms with Gasteiger partial charge < -0.3 is 5.32 Å². The lowest BCUT2D eigenvalue weighted by Gasteiger charge is -2.21. The number of rotatable bonds is 3. The first-order valence-corrected chi connectivity index (χ1v) is 7.35. The van der Waals surface area contributed by atoms with Gasteiger partial charge in [0.1, 0.15) is 6.54 Å². The van der Waals surface area contributed by atoms with E-state index in [9.17, 15) is 18.0 Å². The number of nitrogens with zero attached hydrogens (tertiary/aromatic N) is 2. The van der Waals surface area contributed by atoms with Crippen LogP contribution in [-0.2, 0) is 17.5 Å². The summed E-state index contributed by atoms with van der Waals surface area (Å²) in [6.45, 7) is -0.174. The van der Waals surface area contributed by atoms with Crippen molar-refractivity contribution < 1.29 is 18.0 Å². The fourth-order valence-electron chi connectivity index (χ4n) is 2.62. The molecule has 0 bridgehead atoms. The van der Waals surface area contributed by atoms with Crippen LogP contribution < -0.4 is 5.32 Å². The third kappa shape index (κ3) is 5.06. The second kappa shape index (κ2) is 6.95. The van der Waals surface area contributed by atoms with Crippen molar-refractivity contribution in [1.82, 2.24) is 15.1 Å². The molecule has 2 rings (SSSR count). The Bertz CT molecular complexity index is 462. The minimum absolute atomic E-state index is 0.135. The molecule has 4 nitrogen and oxygen atoms in total. The van der Waals surface area contributed by atoms with Gasteiger partial charge in [-0.15, -0.1) is 0 Å². The predicted molar refractivity (Wildman–Crippen MR) is 71.5 cm³/mol. The summed E-state index contributed by atoms with van der Waals surface area (Å²) in [6.07, 6.45) is 4.38. The average molecular weight is 303 g/mol. The number of halogens is 3. The zero-order chi connectivity index (χ0) is 15.3. The lowest BCUT2D eigenvalue weighted by molar-refractivity contribution is -0.141. The Labute approximate surface area is 121 Å². The average Bonchev–Trinajstić information content (AvgIpc) is 2.80. The number of hydrogen-bond donors (Lipinski definition) is 1. The van der Waals surface area contributed by atoms with Gasteiger partial charge >= 0.3 is 6.18 Å². The molecule has 1 aliphatic carbocycles. The van der Waals surface area contributed by atoms with Gasteiger partial charge in [-0.2, -0.15) is 18.3 Å².